The second-order valence-electron chi connectivity index (χ2n) is 5.43. The number of rotatable bonds is 5. The van der Waals surface area contributed by atoms with Crippen molar-refractivity contribution in [1.29, 1.82) is 0 Å². The van der Waals surface area contributed by atoms with E-state index in [0.29, 0.717) is 0 Å². The van der Waals surface area contributed by atoms with Gasteiger partial charge in [0.15, 0.2) is 0 Å². The molecule has 1 saturated carbocycles. The van der Waals surface area contributed by atoms with Crippen molar-refractivity contribution in [3.05, 3.63) is 20.2 Å². The number of thiophene rings is 1. The predicted octanol–water partition coefficient (Wildman–Crippen LogP) is 3.78. The van der Waals surface area contributed by atoms with Crippen LogP contribution in [0.15, 0.2) is 0 Å². The van der Waals surface area contributed by atoms with Crippen LogP contribution in [0.5, 0.6) is 0 Å². The van der Waals surface area contributed by atoms with Crippen LogP contribution in [-0.2, 0) is 6.42 Å². The van der Waals surface area contributed by atoms with Gasteiger partial charge in [-0.1, -0.05) is 38.3 Å². The molecule has 0 aliphatic heterocycles. The Morgan fingerprint density at radius 1 is 1.41 bits per heavy atom. The molecule has 17 heavy (non-hydrogen) atoms. The summed E-state index contributed by atoms with van der Waals surface area (Å²) in [6, 6.07) is 0. The third-order valence-electron chi connectivity index (χ3n) is 4.00. The van der Waals surface area contributed by atoms with Crippen LogP contribution in [0.3, 0.4) is 0 Å². The number of hydrogen-bond acceptors (Lipinski definition) is 1. The molecule has 0 saturated heterocycles. The van der Waals surface area contributed by atoms with Gasteiger partial charge in [-0.15, -0.1) is 11.3 Å². The van der Waals surface area contributed by atoms with Gasteiger partial charge in [0, 0.05) is 9.41 Å². The summed E-state index contributed by atoms with van der Waals surface area (Å²) >= 11 is 1.99. The van der Waals surface area contributed by atoms with Crippen molar-refractivity contribution in [2.45, 2.75) is 59.3 Å². The van der Waals surface area contributed by atoms with Gasteiger partial charge in [0.05, 0.1) is 0 Å². The van der Waals surface area contributed by atoms with E-state index in [1.54, 1.807) is 4.88 Å². The second kappa shape index (κ2) is 5.39. The molecule has 2 rings (SSSR count). The number of hydrogen-bond donors (Lipinski definition) is 0. The lowest BCUT2D eigenvalue weighted by atomic mass is 10.1. The van der Waals surface area contributed by atoms with Crippen molar-refractivity contribution >= 4 is 23.5 Å². The van der Waals surface area contributed by atoms with Crippen LogP contribution in [0.4, 0.5) is 0 Å². The lowest BCUT2D eigenvalue weighted by Crippen LogP contribution is -2.20. The topological polar surface area (TPSA) is 0 Å². The first-order valence-electron chi connectivity index (χ1n) is 6.90. The molecule has 0 bridgehead atoms. The first-order chi connectivity index (χ1) is 8.13. The molecule has 0 nitrogen and oxygen atoms in total. The van der Waals surface area contributed by atoms with Gasteiger partial charge in [-0.25, -0.2) is 0 Å². The number of aryl methyl sites for hydroxylation is 1. The Bertz CT molecular complexity index is 488. The largest absolute Gasteiger partial charge is 0.140 e. The highest BCUT2D eigenvalue weighted by atomic mass is 32.1. The molecule has 94 valence electrons. The van der Waals surface area contributed by atoms with Gasteiger partial charge in [-0.2, -0.15) is 0 Å². The molecule has 1 heterocycles. The molecule has 0 spiro atoms. The van der Waals surface area contributed by atoms with E-state index in [4.69, 9.17) is 0 Å². The third-order valence-corrected chi connectivity index (χ3v) is 5.56. The monoisotopic (exact) mass is 248 g/mol. The van der Waals surface area contributed by atoms with Gasteiger partial charge in [-0.05, 0) is 49.8 Å². The van der Waals surface area contributed by atoms with Crippen LogP contribution in [0.25, 0.3) is 12.2 Å². The Kier molecular flexibility index (Phi) is 4.09. The minimum atomic E-state index is 1.07. The summed E-state index contributed by atoms with van der Waals surface area (Å²) in [6.45, 7) is 11.0. The van der Waals surface area contributed by atoms with Crippen LogP contribution in [0.1, 0.15) is 56.4 Å². The Hall–Kier alpha value is -0.560. The Labute approximate surface area is 109 Å². The van der Waals surface area contributed by atoms with Gasteiger partial charge in [0.25, 0.3) is 0 Å². The van der Waals surface area contributed by atoms with E-state index >= 15 is 0 Å². The summed E-state index contributed by atoms with van der Waals surface area (Å²) < 4.78 is 1.45. The molecule has 0 atom stereocenters. The molecule has 0 amide bonds. The van der Waals surface area contributed by atoms with E-state index < -0.39 is 0 Å². The zero-order valence-corrected chi connectivity index (χ0v) is 12.3. The average Bonchev–Trinajstić information content (AvgIpc) is 3.10. The first-order valence-corrected chi connectivity index (χ1v) is 7.72. The highest BCUT2D eigenvalue weighted by molar-refractivity contribution is 7.10. The van der Waals surface area contributed by atoms with Gasteiger partial charge >= 0.3 is 0 Å². The Balaban J connectivity index is 2.14. The maximum Gasteiger partial charge on any atom is 0.0331 e. The molecule has 1 heteroatoms. The van der Waals surface area contributed by atoms with Gasteiger partial charge in [0.1, 0.15) is 0 Å². The zero-order valence-electron chi connectivity index (χ0n) is 11.4. The molecule has 0 radical (unpaired) electrons. The van der Waals surface area contributed by atoms with Crippen LogP contribution in [0.2, 0.25) is 0 Å². The minimum Gasteiger partial charge on any atom is -0.140 e. The summed E-state index contributed by atoms with van der Waals surface area (Å²) in [5.41, 5.74) is 2.95. The van der Waals surface area contributed by atoms with E-state index in [1.807, 2.05) is 11.3 Å². The molecule has 0 N–H and O–H groups in total. The predicted molar refractivity (Wildman–Crippen MR) is 78.9 cm³/mol. The summed E-state index contributed by atoms with van der Waals surface area (Å²) in [7, 11) is 0. The van der Waals surface area contributed by atoms with Crippen molar-refractivity contribution in [1.82, 2.24) is 0 Å². The highest BCUT2D eigenvalue weighted by Gasteiger charge is 2.20. The maximum absolute atomic E-state index is 4.25. The molecular weight excluding hydrogens is 224 g/mol. The van der Waals surface area contributed by atoms with Crippen molar-refractivity contribution in [3.8, 4) is 0 Å². The summed E-state index contributed by atoms with van der Waals surface area (Å²) in [5.74, 6) is 1.07. The lowest BCUT2D eigenvalue weighted by molar-refractivity contribution is 0.669. The smallest absolute Gasteiger partial charge is 0.0331 e. The van der Waals surface area contributed by atoms with Gasteiger partial charge in [-0.3, -0.25) is 0 Å². The van der Waals surface area contributed by atoms with Crippen molar-refractivity contribution in [2.75, 3.05) is 0 Å². The van der Waals surface area contributed by atoms with Gasteiger partial charge < -0.3 is 0 Å². The quantitative estimate of drug-likeness (QED) is 0.744. The van der Waals surface area contributed by atoms with Crippen LogP contribution in [-0.4, -0.2) is 0 Å². The minimum absolute atomic E-state index is 1.07. The Morgan fingerprint density at radius 3 is 2.71 bits per heavy atom. The van der Waals surface area contributed by atoms with E-state index in [0.717, 1.165) is 12.3 Å². The van der Waals surface area contributed by atoms with Crippen LogP contribution >= 0.6 is 11.3 Å². The normalized spacial score (nSPS) is 17.4. The molecule has 1 aromatic heterocycles. The fourth-order valence-corrected chi connectivity index (χ4v) is 3.67. The van der Waals surface area contributed by atoms with Crippen LogP contribution in [0, 0.1) is 12.8 Å². The SMILES string of the molecule is C=c1c(C)c(CCCC2CC2)s/c1=C(\C)CC. The molecule has 1 aliphatic carbocycles. The van der Waals surface area contributed by atoms with E-state index in [1.165, 1.54) is 53.0 Å². The van der Waals surface area contributed by atoms with E-state index in [2.05, 4.69) is 27.4 Å². The fourth-order valence-electron chi connectivity index (χ4n) is 2.30. The molecular formula is C16H24S. The fraction of sp³-hybridized carbons (Fsp3) is 0.625. The zero-order chi connectivity index (χ0) is 12.4. The van der Waals surface area contributed by atoms with Crippen molar-refractivity contribution in [2.24, 2.45) is 5.92 Å². The summed E-state index contributed by atoms with van der Waals surface area (Å²) in [6.07, 6.45) is 8.19. The average molecular weight is 248 g/mol. The Morgan fingerprint density at radius 2 is 2.12 bits per heavy atom. The highest BCUT2D eigenvalue weighted by Crippen LogP contribution is 2.34. The second-order valence-corrected chi connectivity index (χ2v) is 6.53. The van der Waals surface area contributed by atoms with Crippen molar-refractivity contribution in [3.63, 3.8) is 0 Å². The van der Waals surface area contributed by atoms with E-state index in [9.17, 15) is 0 Å². The van der Waals surface area contributed by atoms with E-state index in [-0.39, 0.29) is 0 Å². The molecule has 1 aromatic rings. The maximum atomic E-state index is 4.25. The molecule has 1 fully saturated rings. The van der Waals surface area contributed by atoms with Gasteiger partial charge in [0.2, 0.25) is 0 Å². The third kappa shape index (κ3) is 3.01. The molecule has 0 aromatic carbocycles. The van der Waals surface area contributed by atoms with Crippen molar-refractivity contribution < 1.29 is 0 Å². The standard InChI is InChI=1S/C16H24S/c1-5-11(2)16-13(4)12(3)15(17-16)8-6-7-14-9-10-14/h14H,4-10H2,1-3H3/b16-11+. The van der Waals surface area contributed by atoms with Crippen LogP contribution < -0.4 is 9.75 Å². The summed E-state index contributed by atoms with van der Waals surface area (Å²) in [4.78, 5) is 1.58. The summed E-state index contributed by atoms with van der Waals surface area (Å²) in [5, 5.41) is 1.29. The molecule has 1 aliphatic rings. The molecule has 0 unspecified atom stereocenters. The lowest BCUT2D eigenvalue weighted by Gasteiger charge is -1.98. The first kappa shape index (κ1) is 12.9.